The van der Waals surface area contributed by atoms with E-state index in [1.807, 2.05) is 32.0 Å². The van der Waals surface area contributed by atoms with E-state index < -0.39 is 0 Å². The van der Waals surface area contributed by atoms with Gasteiger partial charge in [-0.05, 0) is 43.7 Å². The molecule has 3 rings (SSSR count). The van der Waals surface area contributed by atoms with Crippen LogP contribution in [0.5, 0.6) is 0 Å². The number of nitrogens with one attached hydrogen (secondary N) is 2. The van der Waals surface area contributed by atoms with Crippen LogP contribution >= 0.6 is 0 Å². The lowest BCUT2D eigenvalue weighted by Gasteiger charge is -2.10. The van der Waals surface area contributed by atoms with Crippen LogP contribution in [0.25, 0.3) is 0 Å². The van der Waals surface area contributed by atoms with Crippen molar-refractivity contribution in [2.24, 2.45) is 0 Å². The molecular formula is C21H20FN3O. The molecule has 1 heterocycles. The molecule has 0 fully saturated rings. The van der Waals surface area contributed by atoms with Gasteiger partial charge >= 0.3 is 0 Å². The Morgan fingerprint density at radius 3 is 2.58 bits per heavy atom. The van der Waals surface area contributed by atoms with Crippen molar-refractivity contribution in [3.05, 3.63) is 89.0 Å². The summed E-state index contributed by atoms with van der Waals surface area (Å²) >= 11 is 0. The SMILES string of the molecule is Cc1ccc(NC(=O)c2ccc(NCc3ccccc3F)cn2)c(C)c1. The first-order valence-corrected chi connectivity index (χ1v) is 8.35. The number of hydrogen-bond acceptors (Lipinski definition) is 3. The van der Waals surface area contributed by atoms with Crippen molar-refractivity contribution >= 4 is 17.3 Å². The molecule has 0 aliphatic heterocycles. The quantitative estimate of drug-likeness (QED) is 0.702. The monoisotopic (exact) mass is 349 g/mol. The summed E-state index contributed by atoms with van der Waals surface area (Å²) in [5, 5.41) is 5.97. The Morgan fingerprint density at radius 1 is 1.08 bits per heavy atom. The van der Waals surface area contributed by atoms with Gasteiger partial charge in [-0.1, -0.05) is 35.9 Å². The van der Waals surface area contributed by atoms with E-state index in [2.05, 4.69) is 15.6 Å². The summed E-state index contributed by atoms with van der Waals surface area (Å²) in [7, 11) is 0. The van der Waals surface area contributed by atoms with Crippen LogP contribution in [-0.2, 0) is 6.54 Å². The number of benzene rings is 2. The Kier molecular flexibility index (Phi) is 5.27. The number of rotatable bonds is 5. The van der Waals surface area contributed by atoms with E-state index in [1.165, 1.54) is 6.07 Å². The van der Waals surface area contributed by atoms with E-state index >= 15 is 0 Å². The fraction of sp³-hybridized carbons (Fsp3) is 0.143. The van der Waals surface area contributed by atoms with Gasteiger partial charge in [-0.15, -0.1) is 0 Å². The maximum Gasteiger partial charge on any atom is 0.274 e. The highest BCUT2D eigenvalue weighted by Crippen LogP contribution is 2.17. The van der Waals surface area contributed by atoms with Gasteiger partial charge in [-0.2, -0.15) is 0 Å². The Balaban J connectivity index is 1.63. The van der Waals surface area contributed by atoms with Gasteiger partial charge in [0.15, 0.2) is 0 Å². The third-order valence-electron chi connectivity index (χ3n) is 4.07. The zero-order valence-corrected chi connectivity index (χ0v) is 14.7. The minimum Gasteiger partial charge on any atom is -0.380 e. The lowest BCUT2D eigenvalue weighted by Crippen LogP contribution is -2.14. The maximum atomic E-state index is 13.6. The number of aryl methyl sites for hydroxylation is 2. The molecule has 0 bridgehead atoms. The van der Waals surface area contributed by atoms with Gasteiger partial charge in [0, 0.05) is 17.8 Å². The summed E-state index contributed by atoms with van der Waals surface area (Å²) in [5.74, 6) is -0.518. The Bertz CT molecular complexity index is 923. The summed E-state index contributed by atoms with van der Waals surface area (Å²) in [4.78, 5) is 16.5. The topological polar surface area (TPSA) is 54.0 Å². The molecule has 0 aliphatic rings. The first-order chi connectivity index (χ1) is 12.5. The van der Waals surface area contributed by atoms with Crippen LogP contribution in [-0.4, -0.2) is 10.9 Å². The van der Waals surface area contributed by atoms with Crippen molar-refractivity contribution in [1.82, 2.24) is 4.98 Å². The fourth-order valence-corrected chi connectivity index (χ4v) is 2.61. The average molecular weight is 349 g/mol. The van der Waals surface area contributed by atoms with Crippen LogP contribution in [0.4, 0.5) is 15.8 Å². The van der Waals surface area contributed by atoms with Crippen LogP contribution in [0, 0.1) is 19.7 Å². The minimum absolute atomic E-state index is 0.252. The highest BCUT2D eigenvalue weighted by Gasteiger charge is 2.09. The molecule has 0 spiro atoms. The molecular weight excluding hydrogens is 329 g/mol. The van der Waals surface area contributed by atoms with Gasteiger partial charge in [-0.3, -0.25) is 4.79 Å². The lowest BCUT2D eigenvalue weighted by atomic mass is 10.1. The van der Waals surface area contributed by atoms with Crippen molar-refractivity contribution in [2.45, 2.75) is 20.4 Å². The number of carbonyl (C=O) groups is 1. The highest BCUT2D eigenvalue weighted by atomic mass is 19.1. The van der Waals surface area contributed by atoms with Crippen molar-refractivity contribution in [3.8, 4) is 0 Å². The predicted octanol–water partition coefficient (Wildman–Crippen LogP) is 4.70. The highest BCUT2D eigenvalue weighted by molar-refractivity contribution is 6.03. The molecule has 0 saturated carbocycles. The Hall–Kier alpha value is -3.21. The van der Waals surface area contributed by atoms with E-state index in [4.69, 9.17) is 0 Å². The molecule has 0 saturated heterocycles. The van der Waals surface area contributed by atoms with Gasteiger partial charge in [0.2, 0.25) is 0 Å². The van der Waals surface area contributed by atoms with Crippen molar-refractivity contribution in [2.75, 3.05) is 10.6 Å². The molecule has 3 aromatic rings. The van der Waals surface area contributed by atoms with Crippen molar-refractivity contribution in [3.63, 3.8) is 0 Å². The smallest absolute Gasteiger partial charge is 0.274 e. The standard InChI is InChI=1S/C21H20FN3O/c1-14-7-9-19(15(2)11-14)25-21(26)20-10-8-17(13-24-20)23-12-16-5-3-4-6-18(16)22/h3-11,13,23H,12H2,1-2H3,(H,25,26). The van der Waals surface area contributed by atoms with Gasteiger partial charge in [0.05, 0.1) is 11.9 Å². The van der Waals surface area contributed by atoms with E-state index in [9.17, 15) is 9.18 Å². The summed E-state index contributed by atoms with van der Waals surface area (Å²) in [6, 6.07) is 15.8. The third-order valence-corrected chi connectivity index (χ3v) is 4.07. The molecule has 4 nitrogen and oxygen atoms in total. The van der Waals surface area contributed by atoms with E-state index in [0.29, 0.717) is 17.8 Å². The molecule has 2 N–H and O–H groups in total. The normalized spacial score (nSPS) is 10.4. The first-order valence-electron chi connectivity index (χ1n) is 8.35. The number of amides is 1. The summed E-state index contributed by atoms with van der Waals surface area (Å²) in [6.07, 6.45) is 1.57. The zero-order valence-electron chi connectivity index (χ0n) is 14.7. The largest absolute Gasteiger partial charge is 0.380 e. The summed E-state index contributed by atoms with van der Waals surface area (Å²) in [5.41, 5.74) is 4.52. The number of anilines is 2. The van der Waals surface area contributed by atoms with E-state index in [-0.39, 0.29) is 11.7 Å². The van der Waals surface area contributed by atoms with Crippen LogP contribution < -0.4 is 10.6 Å². The predicted molar refractivity (Wildman–Crippen MR) is 102 cm³/mol. The number of pyridine rings is 1. The van der Waals surface area contributed by atoms with Crippen LogP contribution in [0.1, 0.15) is 27.2 Å². The second-order valence-corrected chi connectivity index (χ2v) is 6.15. The van der Waals surface area contributed by atoms with Crippen LogP contribution in [0.15, 0.2) is 60.8 Å². The fourth-order valence-electron chi connectivity index (χ4n) is 2.61. The van der Waals surface area contributed by atoms with Crippen molar-refractivity contribution < 1.29 is 9.18 Å². The number of aromatic nitrogens is 1. The maximum absolute atomic E-state index is 13.6. The molecule has 0 unspecified atom stereocenters. The van der Waals surface area contributed by atoms with E-state index in [1.54, 1.807) is 36.5 Å². The first kappa shape index (κ1) is 17.6. The third kappa shape index (κ3) is 4.25. The average Bonchev–Trinajstić information content (AvgIpc) is 2.64. The summed E-state index contributed by atoms with van der Waals surface area (Å²) in [6.45, 7) is 4.31. The molecule has 2 aromatic carbocycles. The van der Waals surface area contributed by atoms with Crippen LogP contribution in [0.3, 0.4) is 0 Å². The molecule has 26 heavy (non-hydrogen) atoms. The van der Waals surface area contributed by atoms with Gasteiger partial charge in [-0.25, -0.2) is 9.37 Å². The molecule has 1 aromatic heterocycles. The van der Waals surface area contributed by atoms with Crippen molar-refractivity contribution in [1.29, 1.82) is 0 Å². The molecule has 0 aliphatic carbocycles. The van der Waals surface area contributed by atoms with Gasteiger partial charge in [0.25, 0.3) is 5.91 Å². The zero-order chi connectivity index (χ0) is 18.5. The number of hydrogen-bond donors (Lipinski definition) is 2. The number of carbonyl (C=O) groups excluding carboxylic acids is 1. The summed E-state index contributed by atoms with van der Waals surface area (Å²) < 4.78 is 13.6. The van der Waals surface area contributed by atoms with Gasteiger partial charge in [0.1, 0.15) is 11.5 Å². The Morgan fingerprint density at radius 2 is 1.88 bits per heavy atom. The molecule has 5 heteroatoms. The molecule has 0 radical (unpaired) electrons. The van der Waals surface area contributed by atoms with Gasteiger partial charge < -0.3 is 10.6 Å². The van der Waals surface area contributed by atoms with Crippen LogP contribution in [0.2, 0.25) is 0 Å². The Labute approximate surface area is 152 Å². The molecule has 0 atom stereocenters. The molecule has 132 valence electrons. The number of nitrogens with zero attached hydrogens (tertiary/aromatic N) is 1. The lowest BCUT2D eigenvalue weighted by molar-refractivity contribution is 0.102. The number of halogens is 1. The second-order valence-electron chi connectivity index (χ2n) is 6.15. The molecule has 1 amide bonds. The van der Waals surface area contributed by atoms with E-state index in [0.717, 1.165) is 22.5 Å². The second kappa shape index (κ2) is 7.78. The minimum atomic E-state index is -0.266.